The van der Waals surface area contributed by atoms with E-state index in [4.69, 9.17) is 5.11 Å². The molecular weight excluding hydrogens is 198 g/mol. The SMILES string of the molecule is O=C(O)CC1CCCNc2sccc21. The lowest BCUT2D eigenvalue weighted by molar-refractivity contribution is -0.137. The lowest BCUT2D eigenvalue weighted by atomic mass is 9.94. The maximum atomic E-state index is 10.7. The van der Waals surface area contributed by atoms with Crippen molar-refractivity contribution in [2.24, 2.45) is 0 Å². The number of anilines is 1. The quantitative estimate of drug-likeness (QED) is 0.790. The van der Waals surface area contributed by atoms with Gasteiger partial charge in [0, 0.05) is 6.54 Å². The smallest absolute Gasteiger partial charge is 0.303 e. The van der Waals surface area contributed by atoms with Crippen LogP contribution >= 0.6 is 11.3 Å². The second-order valence-electron chi connectivity index (χ2n) is 3.57. The van der Waals surface area contributed by atoms with Crippen molar-refractivity contribution in [1.29, 1.82) is 0 Å². The van der Waals surface area contributed by atoms with Gasteiger partial charge in [0.05, 0.1) is 11.4 Å². The highest BCUT2D eigenvalue weighted by Crippen LogP contribution is 2.36. The molecule has 2 heterocycles. The van der Waals surface area contributed by atoms with Gasteiger partial charge in [-0.3, -0.25) is 4.79 Å². The van der Waals surface area contributed by atoms with E-state index in [1.807, 2.05) is 11.4 Å². The van der Waals surface area contributed by atoms with Crippen molar-refractivity contribution in [3.8, 4) is 0 Å². The third-order valence-corrected chi connectivity index (χ3v) is 3.46. The fourth-order valence-corrected chi connectivity index (χ4v) is 2.82. The second kappa shape index (κ2) is 4.00. The summed E-state index contributed by atoms with van der Waals surface area (Å²) >= 11 is 1.67. The van der Waals surface area contributed by atoms with Crippen LogP contribution in [0, 0.1) is 0 Å². The van der Waals surface area contributed by atoms with Crippen LogP contribution in [-0.2, 0) is 4.79 Å². The van der Waals surface area contributed by atoms with Gasteiger partial charge in [-0.2, -0.15) is 0 Å². The van der Waals surface area contributed by atoms with E-state index in [1.54, 1.807) is 11.3 Å². The molecule has 0 radical (unpaired) electrons. The fourth-order valence-electron chi connectivity index (χ4n) is 1.91. The Hall–Kier alpha value is -1.03. The average Bonchev–Trinajstić information content (AvgIpc) is 2.51. The Bertz CT molecular complexity index is 335. The predicted molar refractivity (Wildman–Crippen MR) is 57.0 cm³/mol. The topological polar surface area (TPSA) is 49.3 Å². The third kappa shape index (κ3) is 1.90. The van der Waals surface area contributed by atoms with Crippen LogP contribution in [0.2, 0.25) is 0 Å². The summed E-state index contributed by atoms with van der Waals surface area (Å²) in [6.45, 7) is 0.962. The standard InChI is InChI=1S/C10H13NO2S/c12-9(13)6-7-2-1-4-11-10-8(7)3-5-14-10/h3,5,7,11H,1-2,4,6H2,(H,12,13). The summed E-state index contributed by atoms with van der Waals surface area (Å²) in [5, 5.41) is 15.3. The number of rotatable bonds is 2. The van der Waals surface area contributed by atoms with Crippen molar-refractivity contribution >= 4 is 22.3 Å². The number of carboxylic acid groups (broad SMARTS) is 1. The van der Waals surface area contributed by atoms with Crippen LogP contribution in [0.4, 0.5) is 5.00 Å². The van der Waals surface area contributed by atoms with Gasteiger partial charge in [0.1, 0.15) is 0 Å². The van der Waals surface area contributed by atoms with Crippen molar-refractivity contribution in [3.63, 3.8) is 0 Å². The molecule has 1 unspecified atom stereocenters. The third-order valence-electron chi connectivity index (χ3n) is 2.57. The van der Waals surface area contributed by atoms with E-state index in [1.165, 1.54) is 5.56 Å². The van der Waals surface area contributed by atoms with Gasteiger partial charge in [0.2, 0.25) is 0 Å². The number of thiophene rings is 1. The zero-order valence-electron chi connectivity index (χ0n) is 7.82. The fraction of sp³-hybridized carbons (Fsp3) is 0.500. The monoisotopic (exact) mass is 211 g/mol. The van der Waals surface area contributed by atoms with E-state index in [2.05, 4.69) is 5.32 Å². The molecule has 2 N–H and O–H groups in total. The molecule has 0 fully saturated rings. The van der Waals surface area contributed by atoms with Crippen molar-refractivity contribution in [1.82, 2.24) is 0 Å². The van der Waals surface area contributed by atoms with Crippen molar-refractivity contribution in [2.45, 2.75) is 25.2 Å². The minimum absolute atomic E-state index is 0.198. The summed E-state index contributed by atoms with van der Waals surface area (Å²) in [4.78, 5) is 10.7. The first-order valence-electron chi connectivity index (χ1n) is 4.80. The Balaban J connectivity index is 2.21. The minimum Gasteiger partial charge on any atom is -0.481 e. The number of aliphatic carboxylic acids is 1. The number of nitrogens with one attached hydrogen (secondary N) is 1. The van der Waals surface area contributed by atoms with Crippen LogP contribution in [0.5, 0.6) is 0 Å². The summed E-state index contributed by atoms with van der Waals surface area (Å²) in [6, 6.07) is 2.05. The van der Waals surface area contributed by atoms with Crippen molar-refractivity contribution in [3.05, 3.63) is 17.0 Å². The maximum absolute atomic E-state index is 10.7. The maximum Gasteiger partial charge on any atom is 0.303 e. The molecule has 1 aromatic heterocycles. The number of hydrogen-bond acceptors (Lipinski definition) is 3. The predicted octanol–water partition coefficient (Wildman–Crippen LogP) is 2.51. The van der Waals surface area contributed by atoms with E-state index < -0.39 is 5.97 Å². The molecule has 0 bridgehead atoms. The van der Waals surface area contributed by atoms with E-state index in [-0.39, 0.29) is 12.3 Å². The summed E-state index contributed by atoms with van der Waals surface area (Å²) in [6.07, 6.45) is 2.29. The first-order chi connectivity index (χ1) is 6.77. The van der Waals surface area contributed by atoms with Crippen LogP contribution in [0.25, 0.3) is 0 Å². The normalized spacial score (nSPS) is 20.7. The van der Waals surface area contributed by atoms with Gasteiger partial charge >= 0.3 is 5.97 Å². The van der Waals surface area contributed by atoms with E-state index >= 15 is 0 Å². The van der Waals surface area contributed by atoms with Gasteiger partial charge in [-0.25, -0.2) is 0 Å². The molecule has 0 aromatic carbocycles. The van der Waals surface area contributed by atoms with Gasteiger partial charge in [-0.1, -0.05) is 0 Å². The van der Waals surface area contributed by atoms with Crippen LogP contribution in [0.3, 0.4) is 0 Å². The van der Waals surface area contributed by atoms with Gasteiger partial charge in [-0.15, -0.1) is 11.3 Å². The molecule has 14 heavy (non-hydrogen) atoms. The van der Waals surface area contributed by atoms with E-state index in [0.717, 1.165) is 24.4 Å². The Morgan fingerprint density at radius 2 is 2.57 bits per heavy atom. The molecule has 3 nitrogen and oxygen atoms in total. The Kier molecular flexibility index (Phi) is 2.72. The zero-order valence-corrected chi connectivity index (χ0v) is 8.64. The van der Waals surface area contributed by atoms with E-state index in [0.29, 0.717) is 0 Å². The lowest BCUT2D eigenvalue weighted by Crippen LogP contribution is -2.05. The van der Waals surface area contributed by atoms with Crippen molar-refractivity contribution < 1.29 is 9.90 Å². The van der Waals surface area contributed by atoms with Gasteiger partial charge < -0.3 is 10.4 Å². The number of fused-ring (bicyclic) bond motifs is 1. The summed E-state index contributed by atoms with van der Waals surface area (Å²) in [5.41, 5.74) is 1.19. The molecule has 1 atom stereocenters. The molecule has 1 aliphatic rings. The summed E-state index contributed by atoms with van der Waals surface area (Å²) in [5.74, 6) is -0.502. The lowest BCUT2D eigenvalue weighted by Gasteiger charge is -2.10. The summed E-state index contributed by atoms with van der Waals surface area (Å²) < 4.78 is 0. The van der Waals surface area contributed by atoms with Crippen LogP contribution in [0.1, 0.15) is 30.7 Å². The highest BCUT2D eigenvalue weighted by Gasteiger charge is 2.21. The van der Waals surface area contributed by atoms with Crippen LogP contribution in [0.15, 0.2) is 11.4 Å². The Morgan fingerprint density at radius 3 is 3.36 bits per heavy atom. The van der Waals surface area contributed by atoms with Gasteiger partial charge in [0.25, 0.3) is 0 Å². The second-order valence-corrected chi connectivity index (χ2v) is 4.48. The number of carbonyl (C=O) groups is 1. The van der Waals surface area contributed by atoms with Crippen molar-refractivity contribution in [2.75, 3.05) is 11.9 Å². The molecule has 0 spiro atoms. The molecule has 2 rings (SSSR count). The molecule has 76 valence electrons. The molecular formula is C10H13NO2S. The van der Waals surface area contributed by atoms with E-state index in [9.17, 15) is 4.79 Å². The van der Waals surface area contributed by atoms with Gasteiger partial charge in [0.15, 0.2) is 0 Å². The largest absolute Gasteiger partial charge is 0.481 e. The van der Waals surface area contributed by atoms with Crippen LogP contribution < -0.4 is 5.32 Å². The highest BCUT2D eigenvalue weighted by molar-refractivity contribution is 7.14. The molecule has 0 saturated carbocycles. The number of carboxylic acids is 1. The first kappa shape index (κ1) is 9.52. The minimum atomic E-state index is -0.700. The molecule has 1 aliphatic heterocycles. The highest BCUT2D eigenvalue weighted by atomic mass is 32.1. The molecule has 0 amide bonds. The first-order valence-corrected chi connectivity index (χ1v) is 5.68. The molecule has 0 saturated heterocycles. The Labute approximate surface area is 86.8 Å². The van der Waals surface area contributed by atoms with Gasteiger partial charge in [-0.05, 0) is 35.8 Å². The molecule has 1 aromatic rings. The average molecular weight is 211 g/mol. The molecule has 4 heteroatoms. The number of hydrogen-bond donors (Lipinski definition) is 2. The summed E-state index contributed by atoms with van der Waals surface area (Å²) in [7, 11) is 0. The molecule has 0 aliphatic carbocycles. The Morgan fingerprint density at radius 1 is 1.71 bits per heavy atom. The van der Waals surface area contributed by atoms with Crippen LogP contribution in [-0.4, -0.2) is 17.6 Å². The zero-order chi connectivity index (χ0) is 9.97.